The number of nitrogens with one attached hydrogen (secondary N) is 3. The van der Waals surface area contributed by atoms with E-state index in [4.69, 9.17) is 0 Å². The first-order chi connectivity index (χ1) is 15.8. The molecule has 0 aliphatic heterocycles. The third-order valence-electron chi connectivity index (χ3n) is 4.44. The van der Waals surface area contributed by atoms with Crippen LogP contribution in [0.25, 0.3) is 0 Å². The highest BCUT2D eigenvalue weighted by Crippen LogP contribution is 2.21. The van der Waals surface area contributed by atoms with Crippen molar-refractivity contribution in [1.82, 2.24) is 15.0 Å². The van der Waals surface area contributed by atoms with Crippen molar-refractivity contribution in [2.75, 3.05) is 15.4 Å². The van der Waals surface area contributed by atoms with Crippen molar-refractivity contribution in [1.29, 1.82) is 0 Å². The van der Waals surface area contributed by atoms with Crippen molar-refractivity contribution >= 4 is 49.7 Å². The summed E-state index contributed by atoms with van der Waals surface area (Å²) >= 11 is 1.19. The average Bonchev–Trinajstić information content (AvgIpc) is 3.26. The lowest BCUT2D eigenvalue weighted by Crippen LogP contribution is -2.14. The van der Waals surface area contributed by atoms with Gasteiger partial charge < -0.3 is 10.6 Å². The molecule has 9 nitrogen and oxygen atoms in total. The summed E-state index contributed by atoms with van der Waals surface area (Å²) in [6, 6.07) is 14.7. The molecule has 0 unspecified atom stereocenters. The molecular formula is C22H20N6O3S2. The molecule has 0 fully saturated rings. The van der Waals surface area contributed by atoms with Crippen molar-refractivity contribution in [3.8, 4) is 0 Å². The number of sulfonamides is 1. The van der Waals surface area contributed by atoms with Gasteiger partial charge in [0.1, 0.15) is 0 Å². The van der Waals surface area contributed by atoms with E-state index in [0.29, 0.717) is 22.9 Å². The normalized spacial score (nSPS) is 11.1. The molecular weight excluding hydrogens is 460 g/mol. The number of carbonyl (C=O) groups is 1. The van der Waals surface area contributed by atoms with Gasteiger partial charge in [-0.2, -0.15) is 0 Å². The summed E-state index contributed by atoms with van der Waals surface area (Å²) in [7, 11) is -3.76. The number of thiazole rings is 1. The standard InChI is InChI=1S/C22H20N6O3S2/c1-14-12-15(2)25-21(24-14)27-18-5-3-4-16(13-18)20(29)26-17-6-8-19(9-7-17)33(30,31)28-22-23-10-11-32-22/h3-13H,1-2H3,(H,23,28)(H,26,29)(H,24,25,27). The Morgan fingerprint density at radius 1 is 0.939 bits per heavy atom. The Morgan fingerprint density at radius 3 is 2.33 bits per heavy atom. The van der Waals surface area contributed by atoms with Crippen LogP contribution in [0.3, 0.4) is 0 Å². The first-order valence-electron chi connectivity index (χ1n) is 9.82. The van der Waals surface area contributed by atoms with Crippen LogP contribution in [-0.4, -0.2) is 29.3 Å². The highest BCUT2D eigenvalue weighted by atomic mass is 32.2. The number of carbonyl (C=O) groups excluding carboxylic acids is 1. The maximum atomic E-state index is 12.7. The molecule has 0 atom stereocenters. The number of aromatic nitrogens is 3. The maximum absolute atomic E-state index is 12.7. The molecule has 3 N–H and O–H groups in total. The number of hydrogen-bond donors (Lipinski definition) is 3. The van der Waals surface area contributed by atoms with Crippen LogP contribution in [0.1, 0.15) is 21.7 Å². The number of amides is 1. The Morgan fingerprint density at radius 2 is 1.67 bits per heavy atom. The van der Waals surface area contributed by atoms with Crippen molar-refractivity contribution in [3.63, 3.8) is 0 Å². The van der Waals surface area contributed by atoms with Crippen molar-refractivity contribution in [3.05, 3.63) is 83.1 Å². The fraction of sp³-hybridized carbons (Fsp3) is 0.0909. The maximum Gasteiger partial charge on any atom is 0.263 e. The lowest BCUT2D eigenvalue weighted by molar-refractivity contribution is 0.102. The van der Waals surface area contributed by atoms with E-state index >= 15 is 0 Å². The fourth-order valence-corrected chi connectivity index (χ4v) is 4.81. The number of aryl methyl sites for hydroxylation is 2. The molecule has 33 heavy (non-hydrogen) atoms. The molecule has 0 aliphatic carbocycles. The second kappa shape index (κ2) is 9.35. The molecule has 0 aliphatic rings. The van der Waals surface area contributed by atoms with Gasteiger partial charge in [-0.3, -0.25) is 9.52 Å². The second-order valence-corrected chi connectivity index (χ2v) is 9.68. The van der Waals surface area contributed by atoms with E-state index < -0.39 is 10.0 Å². The molecule has 0 bridgehead atoms. The van der Waals surface area contributed by atoms with E-state index in [9.17, 15) is 13.2 Å². The molecule has 0 saturated heterocycles. The number of benzene rings is 2. The molecule has 0 radical (unpaired) electrons. The Hall–Kier alpha value is -3.83. The van der Waals surface area contributed by atoms with Gasteiger partial charge in [0.05, 0.1) is 4.90 Å². The van der Waals surface area contributed by atoms with Gasteiger partial charge in [-0.05, 0) is 62.4 Å². The topological polar surface area (TPSA) is 126 Å². The van der Waals surface area contributed by atoms with Crippen molar-refractivity contribution < 1.29 is 13.2 Å². The van der Waals surface area contributed by atoms with Crippen LogP contribution < -0.4 is 15.4 Å². The largest absolute Gasteiger partial charge is 0.324 e. The van der Waals surface area contributed by atoms with Crippen LogP contribution in [0.15, 0.2) is 71.1 Å². The zero-order chi connectivity index (χ0) is 23.4. The highest BCUT2D eigenvalue weighted by molar-refractivity contribution is 7.93. The molecule has 4 aromatic rings. The average molecular weight is 481 g/mol. The summed E-state index contributed by atoms with van der Waals surface area (Å²) in [5.41, 5.74) is 3.23. The van der Waals surface area contributed by atoms with Gasteiger partial charge in [-0.15, -0.1) is 11.3 Å². The van der Waals surface area contributed by atoms with Gasteiger partial charge in [0.2, 0.25) is 5.95 Å². The Balaban J connectivity index is 1.44. The molecule has 2 aromatic heterocycles. The Labute approximate surface area is 195 Å². The predicted molar refractivity (Wildman–Crippen MR) is 129 cm³/mol. The van der Waals surface area contributed by atoms with Crippen LogP contribution in [-0.2, 0) is 10.0 Å². The Kier molecular flexibility index (Phi) is 6.33. The summed E-state index contributed by atoms with van der Waals surface area (Å²) in [6.45, 7) is 3.77. The monoisotopic (exact) mass is 480 g/mol. The lowest BCUT2D eigenvalue weighted by atomic mass is 10.2. The van der Waals surface area contributed by atoms with Gasteiger partial charge in [0.15, 0.2) is 5.13 Å². The van der Waals surface area contributed by atoms with Gasteiger partial charge in [-0.1, -0.05) is 6.07 Å². The first kappa shape index (κ1) is 22.4. The molecule has 4 rings (SSSR count). The van der Waals surface area contributed by atoms with E-state index in [-0.39, 0.29) is 15.9 Å². The quantitative estimate of drug-likeness (QED) is 0.359. The zero-order valence-electron chi connectivity index (χ0n) is 17.7. The Bertz CT molecular complexity index is 1370. The second-order valence-electron chi connectivity index (χ2n) is 7.10. The fourth-order valence-electron chi connectivity index (χ4n) is 3.02. The molecule has 0 saturated carbocycles. The minimum Gasteiger partial charge on any atom is -0.324 e. The summed E-state index contributed by atoms with van der Waals surface area (Å²) in [4.78, 5) is 25.4. The summed E-state index contributed by atoms with van der Waals surface area (Å²) in [5, 5.41) is 7.84. The number of anilines is 4. The van der Waals surface area contributed by atoms with E-state index in [1.807, 2.05) is 26.0 Å². The summed E-state index contributed by atoms with van der Waals surface area (Å²) < 4.78 is 27.3. The minimum absolute atomic E-state index is 0.0651. The number of hydrogen-bond acceptors (Lipinski definition) is 8. The SMILES string of the molecule is Cc1cc(C)nc(Nc2cccc(C(=O)Nc3ccc(S(=O)(=O)Nc4nccs4)cc3)c2)n1. The molecule has 168 valence electrons. The van der Waals surface area contributed by atoms with Crippen LogP contribution in [0, 0.1) is 13.8 Å². The van der Waals surface area contributed by atoms with Crippen LogP contribution in [0.4, 0.5) is 22.5 Å². The third-order valence-corrected chi connectivity index (χ3v) is 6.61. The first-order valence-corrected chi connectivity index (χ1v) is 12.2. The van der Waals surface area contributed by atoms with Gasteiger partial charge >= 0.3 is 0 Å². The lowest BCUT2D eigenvalue weighted by Gasteiger charge is -2.10. The van der Waals surface area contributed by atoms with E-state index in [0.717, 1.165) is 11.4 Å². The molecule has 0 spiro atoms. The minimum atomic E-state index is -3.76. The number of rotatable bonds is 7. The van der Waals surface area contributed by atoms with Gasteiger partial charge in [0.25, 0.3) is 15.9 Å². The predicted octanol–water partition coefficient (Wildman–Crippen LogP) is 4.35. The van der Waals surface area contributed by atoms with Crippen LogP contribution in [0.5, 0.6) is 0 Å². The van der Waals surface area contributed by atoms with Crippen molar-refractivity contribution in [2.24, 2.45) is 0 Å². The van der Waals surface area contributed by atoms with E-state index in [2.05, 4.69) is 30.3 Å². The summed E-state index contributed by atoms with van der Waals surface area (Å²) in [6.07, 6.45) is 1.51. The molecule has 11 heteroatoms. The highest BCUT2D eigenvalue weighted by Gasteiger charge is 2.16. The van der Waals surface area contributed by atoms with Gasteiger partial charge in [0, 0.05) is 39.9 Å². The third kappa shape index (κ3) is 5.70. The van der Waals surface area contributed by atoms with E-state index in [1.54, 1.807) is 23.6 Å². The van der Waals surface area contributed by atoms with Crippen molar-refractivity contribution in [2.45, 2.75) is 18.7 Å². The molecule has 1 amide bonds. The van der Waals surface area contributed by atoms with Gasteiger partial charge in [-0.25, -0.2) is 23.4 Å². The zero-order valence-corrected chi connectivity index (χ0v) is 19.4. The van der Waals surface area contributed by atoms with E-state index in [1.165, 1.54) is 41.8 Å². The molecule has 2 aromatic carbocycles. The van der Waals surface area contributed by atoms with Crippen LogP contribution in [0.2, 0.25) is 0 Å². The summed E-state index contributed by atoms with van der Waals surface area (Å²) in [5.74, 6) is 0.115. The smallest absolute Gasteiger partial charge is 0.263 e. The molecule has 2 heterocycles. The van der Waals surface area contributed by atoms with Crippen LogP contribution >= 0.6 is 11.3 Å². The number of nitrogens with zero attached hydrogens (tertiary/aromatic N) is 3.